The van der Waals surface area contributed by atoms with Crippen LogP contribution in [-0.4, -0.2) is 74.2 Å². The maximum absolute atomic E-state index is 13.6. The number of phosphoric acid groups is 1. The molecule has 3 rings (SSSR count). The third-order valence-corrected chi connectivity index (χ3v) is 6.60. The summed E-state index contributed by atoms with van der Waals surface area (Å²) in [5.74, 6) is 3.09. The minimum atomic E-state index is -4.63. The third kappa shape index (κ3) is 7.39. The van der Waals surface area contributed by atoms with Crippen molar-refractivity contribution in [3.63, 3.8) is 0 Å². The number of aliphatic hydroxyl groups is 2. The molecule has 0 bridgehead atoms. The lowest BCUT2D eigenvalue weighted by Crippen LogP contribution is -2.48. The molecule has 2 aromatic rings. The molecule has 0 saturated carbocycles. The number of nitrogen functional groups attached to an aromatic ring is 1. The summed E-state index contributed by atoms with van der Waals surface area (Å²) in [6.07, 6.45) is -6.18. The number of ether oxygens (including phenoxy) is 2. The number of carbonyl (C=O) groups excluding carboxylic acids is 1. The van der Waals surface area contributed by atoms with E-state index < -0.39 is 69.0 Å². The molecule has 0 amide bonds. The lowest BCUT2D eigenvalue weighted by atomic mass is 9.95. The van der Waals surface area contributed by atoms with E-state index in [1.807, 2.05) is 5.92 Å². The molecule has 212 valence electrons. The average molecular weight is 570 g/mol. The highest BCUT2D eigenvalue weighted by Gasteiger charge is 2.57. The van der Waals surface area contributed by atoms with Crippen LogP contribution in [0.2, 0.25) is 0 Å². The van der Waals surface area contributed by atoms with Crippen LogP contribution in [0.1, 0.15) is 27.0 Å². The van der Waals surface area contributed by atoms with Crippen LogP contribution in [0.5, 0.6) is 5.75 Å². The van der Waals surface area contributed by atoms with Crippen LogP contribution in [-0.2, 0) is 27.9 Å². The summed E-state index contributed by atoms with van der Waals surface area (Å²) in [4.78, 5) is 28.1. The van der Waals surface area contributed by atoms with Gasteiger partial charge in [0.25, 0.3) is 0 Å². The van der Waals surface area contributed by atoms with Crippen LogP contribution in [0.15, 0.2) is 41.3 Å². The highest BCUT2D eigenvalue weighted by atomic mass is 31.2. The van der Waals surface area contributed by atoms with E-state index in [1.54, 1.807) is 32.0 Å². The number of alkyl halides is 1. The first-order chi connectivity index (χ1) is 18.4. The first-order valence-corrected chi connectivity index (χ1v) is 13.1. The topological polar surface area (TPSA) is 195 Å². The Morgan fingerprint density at radius 1 is 1.33 bits per heavy atom. The number of nitrogens with zero attached hydrogens (tertiary/aromatic N) is 3. The molecule has 1 aliphatic rings. The highest BCUT2D eigenvalue weighted by Crippen LogP contribution is 2.51. The van der Waals surface area contributed by atoms with E-state index in [0.717, 1.165) is 6.20 Å². The van der Waals surface area contributed by atoms with E-state index in [0.29, 0.717) is 4.68 Å². The number of anilines is 1. The first-order valence-electron chi connectivity index (χ1n) is 11.6. The number of hydrogen-bond acceptors (Lipinski definition) is 13. The number of para-hydroxylation sites is 1. The Morgan fingerprint density at radius 2 is 2.03 bits per heavy atom. The number of hydrogen-bond donors (Lipinski definition) is 3. The van der Waals surface area contributed by atoms with Crippen LogP contribution in [0.3, 0.4) is 0 Å². The van der Waals surface area contributed by atoms with Crippen LogP contribution < -0.4 is 15.9 Å². The van der Waals surface area contributed by atoms with Crippen LogP contribution >= 0.6 is 7.82 Å². The maximum Gasteiger partial charge on any atom is 0.530 e. The van der Waals surface area contributed by atoms with E-state index in [4.69, 9.17) is 28.8 Å². The van der Waals surface area contributed by atoms with Crippen LogP contribution in [0.4, 0.5) is 10.2 Å². The molecule has 2 heterocycles. The van der Waals surface area contributed by atoms with E-state index in [-0.39, 0.29) is 11.6 Å². The summed E-state index contributed by atoms with van der Waals surface area (Å²) in [5, 5.41) is 25.7. The first kappa shape index (κ1) is 30.2. The number of rotatable bonds is 10. The number of aromatic nitrogens is 3. The van der Waals surface area contributed by atoms with Gasteiger partial charge in [-0.1, -0.05) is 30.0 Å². The smallest absolute Gasteiger partial charge is 0.461 e. The number of nitrogens with two attached hydrogens (primary N) is 1. The zero-order valence-electron chi connectivity index (χ0n) is 21.2. The molecule has 1 aromatic heterocycles. The molecule has 1 aromatic carbocycles. The molecule has 0 spiro atoms. The summed E-state index contributed by atoms with van der Waals surface area (Å²) in [6, 6.07) is 7.74. The second kappa shape index (κ2) is 12.6. The van der Waals surface area contributed by atoms with Gasteiger partial charge in [0.1, 0.15) is 30.4 Å². The van der Waals surface area contributed by atoms with E-state index in [1.165, 1.54) is 19.1 Å². The minimum absolute atomic E-state index is 0.0602. The molecule has 4 unspecified atom stereocenters. The summed E-state index contributed by atoms with van der Waals surface area (Å²) < 4.78 is 53.7. The summed E-state index contributed by atoms with van der Waals surface area (Å²) >= 11 is 0. The SMILES string of the molecule is CC(C)OC(=O)[C@H](C)OP(=O)(OC[C@H]1OC(n2ncc(N)nc2=O)C(O)(C#CCF)C1O)Oc1ccccc1. The number of carbonyl (C=O) groups is 1. The van der Waals surface area contributed by atoms with Gasteiger partial charge in [-0.25, -0.2) is 18.5 Å². The van der Waals surface area contributed by atoms with E-state index in [2.05, 4.69) is 16.0 Å². The van der Waals surface area contributed by atoms with Gasteiger partial charge in [0, 0.05) is 0 Å². The van der Waals surface area contributed by atoms with Crippen molar-refractivity contribution < 1.29 is 47.0 Å². The van der Waals surface area contributed by atoms with Crippen molar-refractivity contribution in [2.75, 3.05) is 19.0 Å². The Hall–Kier alpha value is -3.38. The molecule has 39 heavy (non-hydrogen) atoms. The monoisotopic (exact) mass is 570 g/mol. The molecule has 1 saturated heterocycles. The summed E-state index contributed by atoms with van der Waals surface area (Å²) in [5.41, 5.74) is 1.81. The quantitative estimate of drug-likeness (QED) is 0.206. The molecule has 1 aliphatic heterocycles. The largest absolute Gasteiger partial charge is 0.530 e. The van der Waals surface area contributed by atoms with Gasteiger partial charge < -0.3 is 29.9 Å². The summed E-state index contributed by atoms with van der Waals surface area (Å²) in [7, 11) is -4.63. The Balaban J connectivity index is 1.88. The molecule has 4 N–H and O–H groups in total. The van der Waals surface area contributed by atoms with Gasteiger partial charge in [-0.05, 0) is 32.9 Å². The van der Waals surface area contributed by atoms with Gasteiger partial charge in [0.05, 0.1) is 18.9 Å². The van der Waals surface area contributed by atoms with Crippen molar-refractivity contribution in [3.05, 3.63) is 47.0 Å². The Kier molecular flexibility index (Phi) is 9.78. The summed E-state index contributed by atoms with van der Waals surface area (Å²) in [6.45, 7) is 2.53. The molecule has 0 aliphatic carbocycles. The lowest BCUT2D eigenvalue weighted by Gasteiger charge is -2.26. The average Bonchev–Trinajstić information content (AvgIpc) is 3.11. The Bertz CT molecular complexity index is 1320. The maximum atomic E-state index is 13.6. The lowest BCUT2D eigenvalue weighted by molar-refractivity contribution is -0.156. The molecular formula is C23H28FN4O10P. The number of halogens is 1. The normalized spacial score (nSPS) is 24.8. The van der Waals surface area contributed by atoms with Gasteiger partial charge in [0.2, 0.25) is 5.60 Å². The van der Waals surface area contributed by atoms with Crippen molar-refractivity contribution in [3.8, 4) is 17.6 Å². The van der Waals surface area contributed by atoms with Gasteiger partial charge in [0.15, 0.2) is 12.3 Å². The second-order valence-electron chi connectivity index (χ2n) is 8.52. The van der Waals surface area contributed by atoms with E-state index >= 15 is 0 Å². The van der Waals surface area contributed by atoms with Crippen LogP contribution in [0, 0.1) is 11.8 Å². The van der Waals surface area contributed by atoms with Crippen molar-refractivity contribution in [2.24, 2.45) is 0 Å². The number of aliphatic hydroxyl groups excluding tert-OH is 1. The Morgan fingerprint density at radius 3 is 2.64 bits per heavy atom. The number of phosphoric ester groups is 1. The van der Waals surface area contributed by atoms with Crippen molar-refractivity contribution in [1.29, 1.82) is 0 Å². The molecule has 1 fully saturated rings. The fraction of sp³-hybridized carbons (Fsp3) is 0.478. The standard InChI is InChI=1S/C23H28FN4O10P/c1-14(2)35-20(30)15(3)37-39(33,38-16-8-5-4-6-9-16)34-13-17-19(29)23(32,10-7-11-24)21(36-17)28-22(31)27-18(25)12-26-28/h4-6,8-9,12,14-15,17,19,21,29,32H,11,13H2,1-3H3,(H2,25,27,31)/t15-,17+,19?,21?,23?,39?/m0/s1. The molecule has 6 atom stereocenters. The van der Waals surface area contributed by atoms with Gasteiger partial charge >= 0.3 is 19.5 Å². The van der Waals surface area contributed by atoms with Gasteiger partial charge in [-0.2, -0.15) is 14.8 Å². The fourth-order valence-electron chi connectivity index (χ4n) is 3.40. The minimum Gasteiger partial charge on any atom is -0.461 e. The molecule has 14 nitrogen and oxygen atoms in total. The predicted molar refractivity (Wildman–Crippen MR) is 132 cm³/mol. The predicted octanol–water partition coefficient (Wildman–Crippen LogP) is 0.743. The number of esters is 1. The number of benzene rings is 1. The Labute approximate surface area is 222 Å². The van der Waals surface area contributed by atoms with Crippen molar-refractivity contribution in [2.45, 2.75) is 57.0 Å². The van der Waals surface area contributed by atoms with Crippen molar-refractivity contribution >= 4 is 19.6 Å². The highest BCUT2D eigenvalue weighted by molar-refractivity contribution is 7.49. The molecule has 0 radical (unpaired) electrons. The van der Waals surface area contributed by atoms with Crippen molar-refractivity contribution in [1.82, 2.24) is 14.8 Å². The second-order valence-corrected chi connectivity index (χ2v) is 10.1. The zero-order chi connectivity index (χ0) is 28.8. The third-order valence-electron chi connectivity index (χ3n) is 5.12. The van der Waals surface area contributed by atoms with Gasteiger partial charge in [-0.15, -0.1) is 0 Å². The van der Waals surface area contributed by atoms with Crippen LogP contribution in [0.25, 0.3) is 0 Å². The fourth-order valence-corrected chi connectivity index (χ4v) is 4.74. The molecule has 16 heteroatoms. The van der Waals surface area contributed by atoms with Gasteiger partial charge in [-0.3, -0.25) is 9.05 Å². The zero-order valence-corrected chi connectivity index (χ0v) is 22.1. The van der Waals surface area contributed by atoms with E-state index in [9.17, 15) is 28.8 Å². The molecular weight excluding hydrogens is 542 g/mol.